The third-order valence-electron chi connectivity index (χ3n) is 1.81. The van der Waals surface area contributed by atoms with E-state index >= 15 is 0 Å². The van der Waals surface area contributed by atoms with Crippen LogP contribution in [0.1, 0.15) is 0 Å². The van der Waals surface area contributed by atoms with Crippen molar-refractivity contribution >= 4 is 34.2 Å². The minimum absolute atomic E-state index is 0.218. The molecule has 1 amide bonds. The van der Waals surface area contributed by atoms with E-state index in [9.17, 15) is 4.79 Å². The van der Waals surface area contributed by atoms with E-state index in [0.717, 1.165) is 9.26 Å². The van der Waals surface area contributed by atoms with Crippen LogP contribution >= 0.6 is 22.6 Å². The summed E-state index contributed by atoms with van der Waals surface area (Å²) in [6.07, 6.45) is 0. The Hall–Kier alpha value is -0.660. The van der Waals surface area contributed by atoms with Crippen molar-refractivity contribution < 1.29 is 9.53 Å². The quantitative estimate of drug-likeness (QED) is 0.820. The van der Waals surface area contributed by atoms with Crippen LogP contribution < -0.4 is 11.1 Å². The highest BCUT2D eigenvalue weighted by molar-refractivity contribution is 14.1. The van der Waals surface area contributed by atoms with Gasteiger partial charge in [-0.25, -0.2) is 0 Å². The fourth-order valence-corrected chi connectivity index (χ4v) is 1.57. The summed E-state index contributed by atoms with van der Waals surface area (Å²) in [5.41, 5.74) is 6.36. The Morgan fingerprint density at radius 2 is 2.27 bits per heavy atom. The Labute approximate surface area is 102 Å². The van der Waals surface area contributed by atoms with Gasteiger partial charge in [-0.3, -0.25) is 4.79 Å². The highest BCUT2D eigenvalue weighted by Crippen LogP contribution is 2.16. The first-order valence-corrected chi connectivity index (χ1v) is 5.53. The zero-order valence-electron chi connectivity index (χ0n) is 8.37. The van der Waals surface area contributed by atoms with Gasteiger partial charge in [-0.05, 0) is 34.7 Å². The molecule has 0 saturated carbocycles. The summed E-state index contributed by atoms with van der Waals surface area (Å²) in [7, 11) is 1.51. The number of rotatable bonds is 4. The standard InChI is InChI=1S/C10H13IN2O2/c1-15-6-8(12)10(14)13-9-5-3-2-4-7(9)11/h2-5,8H,6,12H2,1H3,(H,13,14). The average molecular weight is 320 g/mol. The van der Waals surface area contributed by atoms with E-state index in [1.54, 1.807) is 0 Å². The van der Waals surface area contributed by atoms with Crippen molar-refractivity contribution in [1.29, 1.82) is 0 Å². The van der Waals surface area contributed by atoms with Gasteiger partial charge < -0.3 is 15.8 Å². The molecule has 0 bridgehead atoms. The first kappa shape index (κ1) is 12.4. The molecule has 0 fully saturated rings. The third-order valence-corrected chi connectivity index (χ3v) is 2.76. The molecule has 1 unspecified atom stereocenters. The predicted octanol–water partition coefficient (Wildman–Crippen LogP) is 1.20. The molecule has 1 aromatic rings. The average Bonchev–Trinajstić information content (AvgIpc) is 2.21. The van der Waals surface area contributed by atoms with Gasteiger partial charge >= 0.3 is 0 Å². The molecule has 0 spiro atoms. The molecule has 0 radical (unpaired) electrons. The van der Waals surface area contributed by atoms with Crippen molar-refractivity contribution in [3.63, 3.8) is 0 Å². The Kier molecular flexibility index (Phi) is 5.00. The summed E-state index contributed by atoms with van der Waals surface area (Å²) < 4.78 is 5.78. The van der Waals surface area contributed by atoms with Crippen LogP contribution in [0.4, 0.5) is 5.69 Å². The van der Waals surface area contributed by atoms with Gasteiger partial charge in [-0.1, -0.05) is 12.1 Å². The van der Waals surface area contributed by atoms with Gasteiger partial charge in [0.1, 0.15) is 6.04 Å². The van der Waals surface area contributed by atoms with Crippen LogP contribution in [0.2, 0.25) is 0 Å². The van der Waals surface area contributed by atoms with Crippen molar-refractivity contribution in [2.24, 2.45) is 5.73 Å². The zero-order valence-corrected chi connectivity index (χ0v) is 10.5. The van der Waals surface area contributed by atoms with Crippen LogP contribution in [-0.4, -0.2) is 25.7 Å². The van der Waals surface area contributed by atoms with Gasteiger partial charge in [0.05, 0.1) is 12.3 Å². The maximum absolute atomic E-state index is 11.5. The number of benzene rings is 1. The Balaban J connectivity index is 2.62. The maximum Gasteiger partial charge on any atom is 0.243 e. The minimum Gasteiger partial charge on any atom is -0.383 e. The van der Waals surface area contributed by atoms with E-state index < -0.39 is 6.04 Å². The minimum atomic E-state index is -0.633. The predicted molar refractivity (Wildman–Crippen MR) is 67.6 cm³/mol. The lowest BCUT2D eigenvalue weighted by atomic mass is 10.2. The maximum atomic E-state index is 11.5. The van der Waals surface area contributed by atoms with Crippen molar-refractivity contribution in [2.75, 3.05) is 19.0 Å². The number of nitrogens with two attached hydrogens (primary N) is 1. The smallest absolute Gasteiger partial charge is 0.243 e. The number of anilines is 1. The summed E-state index contributed by atoms with van der Waals surface area (Å²) in [5.74, 6) is -0.235. The Morgan fingerprint density at radius 1 is 1.60 bits per heavy atom. The van der Waals surface area contributed by atoms with Crippen LogP contribution in [-0.2, 0) is 9.53 Å². The van der Waals surface area contributed by atoms with Gasteiger partial charge in [0.25, 0.3) is 0 Å². The molecule has 1 atom stereocenters. The first-order valence-electron chi connectivity index (χ1n) is 4.45. The van der Waals surface area contributed by atoms with Crippen LogP contribution in [0.25, 0.3) is 0 Å². The number of nitrogens with one attached hydrogen (secondary N) is 1. The molecule has 3 N–H and O–H groups in total. The molecule has 1 rings (SSSR count). The van der Waals surface area contributed by atoms with E-state index in [2.05, 4.69) is 27.9 Å². The van der Waals surface area contributed by atoms with E-state index in [4.69, 9.17) is 10.5 Å². The number of para-hydroxylation sites is 1. The lowest BCUT2D eigenvalue weighted by Crippen LogP contribution is -2.39. The number of halogens is 1. The second-order valence-corrected chi connectivity index (χ2v) is 4.19. The molecule has 4 nitrogen and oxygen atoms in total. The van der Waals surface area contributed by atoms with Gasteiger partial charge in [0.2, 0.25) is 5.91 Å². The number of carbonyl (C=O) groups is 1. The summed E-state index contributed by atoms with van der Waals surface area (Å²) in [6, 6.07) is 6.88. The highest BCUT2D eigenvalue weighted by atomic mass is 127. The van der Waals surface area contributed by atoms with Crippen LogP contribution in [0.3, 0.4) is 0 Å². The van der Waals surface area contributed by atoms with Crippen LogP contribution in [0.15, 0.2) is 24.3 Å². The normalized spacial score (nSPS) is 12.2. The number of hydrogen-bond donors (Lipinski definition) is 2. The molecule has 82 valence electrons. The van der Waals surface area contributed by atoms with Gasteiger partial charge in [-0.15, -0.1) is 0 Å². The van der Waals surface area contributed by atoms with Crippen molar-refractivity contribution in [2.45, 2.75) is 6.04 Å². The first-order chi connectivity index (χ1) is 7.15. The number of amides is 1. The second kappa shape index (κ2) is 6.04. The molecule has 0 heterocycles. The van der Waals surface area contributed by atoms with Gasteiger partial charge in [0, 0.05) is 10.7 Å². The van der Waals surface area contributed by atoms with Crippen LogP contribution in [0.5, 0.6) is 0 Å². The highest BCUT2D eigenvalue weighted by Gasteiger charge is 2.13. The van der Waals surface area contributed by atoms with Crippen molar-refractivity contribution in [3.8, 4) is 0 Å². The van der Waals surface area contributed by atoms with Gasteiger partial charge in [0.15, 0.2) is 0 Å². The zero-order chi connectivity index (χ0) is 11.3. The molecule has 0 aliphatic carbocycles. The van der Waals surface area contributed by atoms with E-state index in [1.807, 2.05) is 24.3 Å². The monoisotopic (exact) mass is 320 g/mol. The lowest BCUT2D eigenvalue weighted by molar-refractivity contribution is -0.118. The third kappa shape index (κ3) is 3.77. The van der Waals surface area contributed by atoms with Crippen LogP contribution in [0, 0.1) is 3.57 Å². The molecular weight excluding hydrogens is 307 g/mol. The van der Waals surface area contributed by atoms with E-state index in [0.29, 0.717) is 0 Å². The number of ether oxygens (including phenoxy) is 1. The summed E-state index contributed by atoms with van der Waals surface area (Å²) >= 11 is 2.15. The largest absolute Gasteiger partial charge is 0.383 e. The summed E-state index contributed by atoms with van der Waals surface area (Å²) in [6.45, 7) is 0.218. The summed E-state index contributed by atoms with van der Waals surface area (Å²) in [5, 5.41) is 2.74. The summed E-state index contributed by atoms with van der Waals surface area (Å²) in [4.78, 5) is 11.5. The Bertz CT molecular complexity index is 344. The number of hydrogen-bond acceptors (Lipinski definition) is 3. The molecule has 0 aliphatic rings. The topological polar surface area (TPSA) is 64.3 Å². The lowest BCUT2D eigenvalue weighted by Gasteiger charge is -2.12. The molecule has 5 heteroatoms. The molecule has 0 saturated heterocycles. The molecular formula is C10H13IN2O2. The number of methoxy groups -OCH3 is 1. The Morgan fingerprint density at radius 3 is 2.87 bits per heavy atom. The fourth-order valence-electron chi connectivity index (χ4n) is 1.04. The second-order valence-electron chi connectivity index (χ2n) is 3.03. The van der Waals surface area contributed by atoms with Gasteiger partial charge in [-0.2, -0.15) is 0 Å². The van der Waals surface area contributed by atoms with E-state index in [1.165, 1.54) is 7.11 Å². The number of carbonyl (C=O) groups excluding carboxylic acids is 1. The SMILES string of the molecule is COCC(N)C(=O)Nc1ccccc1I. The molecule has 1 aromatic carbocycles. The van der Waals surface area contributed by atoms with Crippen molar-refractivity contribution in [3.05, 3.63) is 27.8 Å². The molecule has 0 aromatic heterocycles. The molecule has 15 heavy (non-hydrogen) atoms. The van der Waals surface area contributed by atoms with Crippen molar-refractivity contribution in [1.82, 2.24) is 0 Å². The molecule has 0 aliphatic heterocycles. The fraction of sp³-hybridized carbons (Fsp3) is 0.300. The van der Waals surface area contributed by atoms with E-state index in [-0.39, 0.29) is 12.5 Å².